The van der Waals surface area contributed by atoms with Crippen LogP contribution < -0.4 is 5.32 Å². The highest BCUT2D eigenvalue weighted by molar-refractivity contribution is 5.95. The van der Waals surface area contributed by atoms with Gasteiger partial charge in [0.25, 0.3) is 5.91 Å². The second-order valence-corrected chi connectivity index (χ2v) is 7.32. The molecule has 7 nitrogen and oxygen atoms in total. The van der Waals surface area contributed by atoms with Gasteiger partial charge in [-0.25, -0.2) is 0 Å². The van der Waals surface area contributed by atoms with Crippen molar-refractivity contribution in [1.82, 2.24) is 15.1 Å². The highest BCUT2D eigenvalue weighted by atomic mass is 16.5. The minimum Gasteiger partial charge on any atom is -0.481 e. The van der Waals surface area contributed by atoms with Crippen molar-refractivity contribution in [3.8, 4) is 0 Å². The van der Waals surface area contributed by atoms with Crippen LogP contribution >= 0.6 is 0 Å². The molecule has 0 aliphatic carbocycles. The summed E-state index contributed by atoms with van der Waals surface area (Å²) in [6.45, 7) is 8.99. The van der Waals surface area contributed by atoms with Gasteiger partial charge in [0.1, 0.15) is 0 Å². The summed E-state index contributed by atoms with van der Waals surface area (Å²) in [7, 11) is 0. The molecule has 24 heavy (non-hydrogen) atoms. The predicted octanol–water partition coefficient (Wildman–Crippen LogP) is 1.81. The first-order valence-electron chi connectivity index (χ1n) is 8.38. The molecule has 0 unspecified atom stereocenters. The number of ether oxygens (including phenoxy) is 1. The minimum atomic E-state index is -0.944. The van der Waals surface area contributed by atoms with E-state index in [-0.39, 0.29) is 18.0 Å². The van der Waals surface area contributed by atoms with Crippen LogP contribution in [0.2, 0.25) is 0 Å². The average Bonchev–Trinajstić information content (AvgIpc) is 2.97. The molecule has 0 aromatic carbocycles. The number of nitrogens with one attached hydrogen (secondary N) is 1. The molecule has 2 N–H and O–H groups in total. The van der Waals surface area contributed by atoms with Crippen LogP contribution in [-0.4, -0.2) is 46.5 Å². The molecule has 1 saturated heterocycles. The van der Waals surface area contributed by atoms with E-state index in [2.05, 4.69) is 10.4 Å². The van der Waals surface area contributed by atoms with E-state index in [4.69, 9.17) is 4.74 Å². The first-order valence-corrected chi connectivity index (χ1v) is 8.38. The molecule has 1 aliphatic rings. The molecule has 1 amide bonds. The van der Waals surface area contributed by atoms with E-state index >= 15 is 0 Å². The van der Waals surface area contributed by atoms with Crippen molar-refractivity contribution in [1.29, 1.82) is 0 Å². The summed E-state index contributed by atoms with van der Waals surface area (Å²) in [4.78, 5) is 24.2. The highest BCUT2D eigenvalue weighted by Gasteiger charge is 2.40. The zero-order chi connectivity index (χ0) is 18.0. The fourth-order valence-electron chi connectivity index (χ4n) is 3.05. The van der Waals surface area contributed by atoms with E-state index < -0.39 is 11.4 Å². The molecule has 1 aliphatic heterocycles. The average molecular weight is 337 g/mol. The summed E-state index contributed by atoms with van der Waals surface area (Å²) < 4.78 is 7.10. The van der Waals surface area contributed by atoms with E-state index in [1.165, 1.54) is 0 Å². The third kappa shape index (κ3) is 3.61. The number of aromatic nitrogens is 2. The Morgan fingerprint density at radius 3 is 2.50 bits per heavy atom. The lowest BCUT2D eigenvalue weighted by Crippen LogP contribution is -2.46. The number of amides is 1. The van der Waals surface area contributed by atoms with Crippen LogP contribution in [0.3, 0.4) is 0 Å². The zero-order valence-electron chi connectivity index (χ0n) is 14.9. The van der Waals surface area contributed by atoms with Gasteiger partial charge < -0.3 is 15.2 Å². The SMILES string of the molecule is CCc1c(C(=O)NCC2(C(=O)O)CCOCC2)cnn1C(C)(C)C. The maximum atomic E-state index is 12.6. The zero-order valence-corrected chi connectivity index (χ0v) is 14.9. The maximum absolute atomic E-state index is 12.6. The van der Waals surface area contributed by atoms with Gasteiger partial charge in [0, 0.05) is 19.8 Å². The van der Waals surface area contributed by atoms with Crippen molar-refractivity contribution in [2.24, 2.45) is 5.41 Å². The van der Waals surface area contributed by atoms with E-state index in [1.807, 2.05) is 32.4 Å². The van der Waals surface area contributed by atoms with Crippen LogP contribution in [-0.2, 0) is 21.5 Å². The largest absolute Gasteiger partial charge is 0.481 e. The number of carbonyl (C=O) groups is 2. The van der Waals surface area contributed by atoms with Gasteiger partial charge in [-0.1, -0.05) is 6.92 Å². The fraction of sp³-hybridized carbons (Fsp3) is 0.706. The van der Waals surface area contributed by atoms with Crippen LogP contribution in [0.5, 0.6) is 0 Å². The summed E-state index contributed by atoms with van der Waals surface area (Å²) >= 11 is 0. The molecule has 0 bridgehead atoms. The van der Waals surface area contributed by atoms with Crippen LogP contribution in [0.25, 0.3) is 0 Å². The molecule has 0 atom stereocenters. The third-order valence-corrected chi connectivity index (χ3v) is 4.57. The van der Waals surface area contributed by atoms with Crippen molar-refractivity contribution >= 4 is 11.9 Å². The van der Waals surface area contributed by atoms with Gasteiger partial charge in [0.15, 0.2) is 0 Å². The Balaban J connectivity index is 2.15. The summed E-state index contributed by atoms with van der Waals surface area (Å²) in [5, 5.41) is 16.7. The van der Waals surface area contributed by atoms with Gasteiger partial charge in [-0.05, 0) is 40.0 Å². The number of nitrogens with zero attached hydrogens (tertiary/aromatic N) is 2. The molecular weight excluding hydrogens is 310 g/mol. The Labute approximate surface area is 142 Å². The highest BCUT2D eigenvalue weighted by Crippen LogP contribution is 2.30. The van der Waals surface area contributed by atoms with Gasteiger partial charge in [0.2, 0.25) is 0 Å². The molecule has 0 saturated carbocycles. The van der Waals surface area contributed by atoms with Crippen LogP contribution in [0, 0.1) is 5.41 Å². The Kier molecular flexibility index (Phi) is 5.32. The third-order valence-electron chi connectivity index (χ3n) is 4.57. The normalized spacial score (nSPS) is 17.5. The van der Waals surface area contributed by atoms with Crippen molar-refractivity contribution in [2.45, 2.75) is 52.5 Å². The van der Waals surface area contributed by atoms with E-state index in [9.17, 15) is 14.7 Å². The number of hydrogen-bond donors (Lipinski definition) is 2. The lowest BCUT2D eigenvalue weighted by Gasteiger charge is -2.33. The van der Waals surface area contributed by atoms with Gasteiger partial charge >= 0.3 is 5.97 Å². The first kappa shape index (κ1) is 18.4. The number of aliphatic carboxylic acids is 1. The van der Waals surface area contributed by atoms with Crippen molar-refractivity contribution in [3.05, 3.63) is 17.5 Å². The molecule has 2 rings (SSSR count). The molecule has 1 aromatic rings. The molecule has 1 aromatic heterocycles. The van der Waals surface area contributed by atoms with Gasteiger partial charge in [0.05, 0.1) is 28.4 Å². The Hall–Kier alpha value is -1.89. The van der Waals surface area contributed by atoms with E-state index in [1.54, 1.807) is 6.20 Å². The molecule has 2 heterocycles. The number of carbonyl (C=O) groups excluding carboxylic acids is 1. The van der Waals surface area contributed by atoms with E-state index in [0.29, 0.717) is 38.0 Å². The quantitative estimate of drug-likeness (QED) is 0.855. The van der Waals surface area contributed by atoms with Gasteiger partial charge in [-0.3, -0.25) is 14.3 Å². The van der Waals surface area contributed by atoms with Crippen LogP contribution in [0.1, 0.15) is 56.6 Å². The number of carboxylic acids is 1. The van der Waals surface area contributed by atoms with Crippen molar-refractivity contribution < 1.29 is 19.4 Å². The molecule has 1 fully saturated rings. The standard InChI is InChI=1S/C17H27N3O4/c1-5-13-12(10-19-20(13)16(2,3)4)14(21)18-11-17(15(22)23)6-8-24-9-7-17/h10H,5-9,11H2,1-4H3,(H,18,21)(H,22,23). The summed E-state index contributed by atoms with van der Waals surface area (Å²) in [6.07, 6.45) is 3.06. The van der Waals surface area contributed by atoms with Crippen LogP contribution in [0.15, 0.2) is 6.20 Å². The van der Waals surface area contributed by atoms with Crippen molar-refractivity contribution in [2.75, 3.05) is 19.8 Å². The molecule has 0 spiro atoms. The maximum Gasteiger partial charge on any atom is 0.311 e. The minimum absolute atomic E-state index is 0.106. The predicted molar refractivity (Wildman–Crippen MR) is 89.1 cm³/mol. The summed E-state index contributed by atoms with van der Waals surface area (Å²) in [5.74, 6) is -1.15. The Morgan fingerprint density at radius 1 is 1.38 bits per heavy atom. The van der Waals surface area contributed by atoms with E-state index in [0.717, 1.165) is 5.69 Å². The Bertz CT molecular complexity index is 610. The molecular formula is C17H27N3O4. The second kappa shape index (κ2) is 6.93. The first-order chi connectivity index (χ1) is 11.2. The lowest BCUT2D eigenvalue weighted by molar-refractivity contribution is -0.154. The molecule has 0 radical (unpaired) electrons. The summed E-state index contributed by atoms with van der Waals surface area (Å²) in [5.41, 5.74) is 0.212. The fourth-order valence-corrected chi connectivity index (χ4v) is 3.05. The smallest absolute Gasteiger partial charge is 0.311 e. The number of rotatable bonds is 5. The van der Waals surface area contributed by atoms with Gasteiger partial charge in [-0.2, -0.15) is 5.10 Å². The van der Waals surface area contributed by atoms with Crippen molar-refractivity contribution in [3.63, 3.8) is 0 Å². The molecule has 134 valence electrons. The number of carboxylic acid groups (broad SMARTS) is 1. The topological polar surface area (TPSA) is 93.5 Å². The van der Waals surface area contributed by atoms with Crippen LogP contribution in [0.4, 0.5) is 0 Å². The monoisotopic (exact) mass is 337 g/mol. The lowest BCUT2D eigenvalue weighted by atomic mass is 9.80. The number of hydrogen-bond acceptors (Lipinski definition) is 4. The Morgan fingerprint density at radius 2 is 2.00 bits per heavy atom. The van der Waals surface area contributed by atoms with Gasteiger partial charge in [-0.15, -0.1) is 0 Å². The summed E-state index contributed by atoms with van der Waals surface area (Å²) in [6, 6.07) is 0. The second-order valence-electron chi connectivity index (χ2n) is 7.32. The molecule has 7 heteroatoms.